The molecule has 0 aliphatic rings. The Morgan fingerprint density at radius 2 is 2.00 bits per heavy atom. The number of nitrogens with two attached hydrogens (primary N) is 1. The summed E-state index contributed by atoms with van der Waals surface area (Å²) < 4.78 is 5.31. The number of rotatable bonds is 5. The Bertz CT molecular complexity index is 517. The van der Waals surface area contributed by atoms with Gasteiger partial charge in [-0.3, -0.25) is 0 Å². The number of furan rings is 1. The maximum atomic E-state index is 6.00. The third-order valence-corrected chi connectivity index (χ3v) is 3.51. The fourth-order valence-corrected chi connectivity index (χ4v) is 2.37. The van der Waals surface area contributed by atoms with Crippen LogP contribution in [0.15, 0.2) is 34.9 Å². The second-order valence-electron chi connectivity index (χ2n) is 4.54. The standard InChI is InChI=1S/C14H16Cl2N2O/c1-9(5-11-3-2-4-19-11)18-8-10-6-12(15)14(17)13(16)7-10/h2-4,6-7,9,18H,5,8,17H2,1H3. The Balaban J connectivity index is 1.91. The molecule has 1 heterocycles. The molecule has 0 bridgehead atoms. The summed E-state index contributed by atoms with van der Waals surface area (Å²) in [5.74, 6) is 0.966. The van der Waals surface area contributed by atoms with Crippen molar-refractivity contribution in [1.29, 1.82) is 0 Å². The maximum Gasteiger partial charge on any atom is 0.105 e. The van der Waals surface area contributed by atoms with Gasteiger partial charge < -0.3 is 15.5 Å². The average Bonchev–Trinajstić information content (AvgIpc) is 2.86. The lowest BCUT2D eigenvalue weighted by Gasteiger charge is -2.13. The summed E-state index contributed by atoms with van der Waals surface area (Å²) >= 11 is 12.0. The number of hydrogen-bond donors (Lipinski definition) is 2. The molecule has 2 aromatic rings. The van der Waals surface area contributed by atoms with Gasteiger partial charge in [0, 0.05) is 19.0 Å². The van der Waals surface area contributed by atoms with E-state index in [0.29, 0.717) is 28.3 Å². The Morgan fingerprint density at radius 1 is 1.32 bits per heavy atom. The molecule has 5 heteroatoms. The smallest absolute Gasteiger partial charge is 0.105 e. The molecule has 2 rings (SSSR count). The molecule has 0 spiro atoms. The Hall–Kier alpha value is -1.16. The molecule has 19 heavy (non-hydrogen) atoms. The predicted octanol–water partition coefficient (Wildman–Crippen LogP) is 3.89. The van der Waals surface area contributed by atoms with Gasteiger partial charge >= 0.3 is 0 Å². The zero-order valence-electron chi connectivity index (χ0n) is 10.6. The molecule has 0 amide bonds. The van der Waals surface area contributed by atoms with Gasteiger partial charge in [0.25, 0.3) is 0 Å². The normalized spacial score (nSPS) is 12.6. The zero-order valence-corrected chi connectivity index (χ0v) is 12.1. The molecule has 1 aromatic heterocycles. The van der Waals surface area contributed by atoms with Crippen LogP contribution < -0.4 is 11.1 Å². The van der Waals surface area contributed by atoms with Crippen molar-refractivity contribution >= 4 is 28.9 Å². The first kappa shape index (κ1) is 14.3. The number of benzene rings is 1. The summed E-state index contributed by atoms with van der Waals surface area (Å²) in [6.07, 6.45) is 2.52. The van der Waals surface area contributed by atoms with Gasteiger partial charge in [0.1, 0.15) is 5.76 Å². The molecule has 0 aliphatic carbocycles. The molecule has 1 aromatic carbocycles. The summed E-state index contributed by atoms with van der Waals surface area (Å²) in [5, 5.41) is 4.37. The van der Waals surface area contributed by atoms with E-state index in [1.165, 1.54) is 0 Å². The van der Waals surface area contributed by atoms with E-state index in [0.717, 1.165) is 17.7 Å². The lowest BCUT2D eigenvalue weighted by atomic mass is 10.1. The van der Waals surface area contributed by atoms with Crippen molar-refractivity contribution in [2.24, 2.45) is 0 Å². The van der Waals surface area contributed by atoms with E-state index in [9.17, 15) is 0 Å². The van der Waals surface area contributed by atoms with E-state index < -0.39 is 0 Å². The number of anilines is 1. The molecule has 1 atom stereocenters. The minimum Gasteiger partial charge on any atom is -0.469 e. The van der Waals surface area contributed by atoms with E-state index in [2.05, 4.69) is 12.2 Å². The Labute approximate surface area is 122 Å². The highest BCUT2D eigenvalue weighted by Gasteiger charge is 2.08. The topological polar surface area (TPSA) is 51.2 Å². The highest BCUT2D eigenvalue weighted by atomic mass is 35.5. The van der Waals surface area contributed by atoms with Crippen LogP contribution >= 0.6 is 23.2 Å². The third kappa shape index (κ3) is 3.90. The third-order valence-electron chi connectivity index (χ3n) is 2.88. The summed E-state index contributed by atoms with van der Waals surface area (Å²) in [6, 6.07) is 7.81. The van der Waals surface area contributed by atoms with Crippen LogP contribution in [-0.4, -0.2) is 6.04 Å². The second kappa shape index (κ2) is 6.33. The molecule has 3 N–H and O–H groups in total. The summed E-state index contributed by atoms with van der Waals surface area (Å²) in [7, 11) is 0. The molecular weight excluding hydrogens is 283 g/mol. The van der Waals surface area contributed by atoms with Crippen molar-refractivity contribution in [2.45, 2.75) is 25.9 Å². The van der Waals surface area contributed by atoms with Crippen LogP contribution in [0.5, 0.6) is 0 Å². The monoisotopic (exact) mass is 298 g/mol. The van der Waals surface area contributed by atoms with Gasteiger partial charge in [-0.15, -0.1) is 0 Å². The van der Waals surface area contributed by atoms with E-state index in [-0.39, 0.29) is 0 Å². The van der Waals surface area contributed by atoms with Gasteiger partial charge in [-0.05, 0) is 36.8 Å². The number of nitrogens with one attached hydrogen (secondary N) is 1. The van der Waals surface area contributed by atoms with Gasteiger partial charge in [0.2, 0.25) is 0 Å². The number of halogens is 2. The average molecular weight is 299 g/mol. The molecular formula is C14H16Cl2N2O. The van der Waals surface area contributed by atoms with Crippen LogP contribution in [0, 0.1) is 0 Å². The highest BCUT2D eigenvalue weighted by Crippen LogP contribution is 2.28. The summed E-state index contributed by atoms with van der Waals surface area (Å²) in [6.45, 7) is 2.78. The Morgan fingerprint density at radius 3 is 2.58 bits per heavy atom. The molecule has 0 aliphatic heterocycles. The molecule has 102 valence electrons. The van der Waals surface area contributed by atoms with Crippen molar-refractivity contribution in [2.75, 3.05) is 5.73 Å². The fourth-order valence-electron chi connectivity index (χ4n) is 1.83. The van der Waals surface area contributed by atoms with Crippen molar-refractivity contribution < 1.29 is 4.42 Å². The van der Waals surface area contributed by atoms with Crippen LogP contribution in [0.3, 0.4) is 0 Å². The van der Waals surface area contributed by atoms with E-state index in [1.54, 1.807) is 6.26 Å². The minimum atomic E-state index is 0.293. The van der Waals surface area contributed by atoms with Crippen LogP contribution in [0.4, 0.5) is 5.69 Å². The first-order valence-electron chi connectivity index (χ1n) is 6.05. The van der Waals surface area contributed by atoms with Crippen molar-refractivity contribution in [3.63, 3.8) is 0 Å². The maximum absolute atomic E-state index is 6.00. The zero-order chi connectivity index (χ0) is 13.8. The van der Waals surface area contributed by atoms with Gasteiger partial charge in [-0.2, -0.15) is 0 Å². The van der Waals surface area contributed by atoms with Crippen LogP contribution in [0.2, 0.25) is 10.0 Å². The Kier molecular flexibility index (Phi) is 4.75. The quantitative estimate of drug-likeness (QED) is 0.824. The van der Waals surface area contributed by atoms with Crippen LogP contribution in [0.25, 0.3) is 0 Å². The van der Waals surface area contributed by atoms with E-state index in [1.807, 2.05) is 24.3 Å². The summed E-state index contributed by atoms with van der Waals surface area (Å²) in [4.78, 5) is 0. The van der Waals surface area contributed by atoms with Gasteiger partial charge in [0.15, 0.2) is 0 Å². The SMILES string of the molecule is CC(Cc1ccco1)NCc1cc(Cl)c(N)c(Cl)c1. The minimum absolute atomic E-state index is 0.293. The first-order valence-corrected chi connectivity index (χ1v) is 6.81. The van der Waals surface area contributed by atoms with Crippen molar-refractivity contribution in [3.8, 4) is 0 Å². The van der Waals surface area contributed by atoms with Gasteiger partial charge in [-0.25, -0.2) is 0 Å². The van der Waals surface area contributed by atoms with E-state index in [4.69, 9.17) is 33.4 Å². The predicted molar refractivity (Wildman–Crippen MR) is 79.6 cm³/mol. The van der Waals surface area contributed by atoms with Crippen LogP contribution in [-0.2, 0) is 13.0 Å². The van der Waals surface area contributed by atoms with Gasteiger partial charge in [0.05, 0.1) is 22.0 Å². The number of hydrogen-bond acceptors (Lipinski definition) is 3. The molecule has 0 saturated carbocycles. The largest absolute Gasteiger partial charge is 0.469 e. The summed E-state index contributed by atoms with van der Waals surface area (Å²) in [5.41, 5.74) is 7.14. The second-order valence-corrected chi connectivity index (χ2v) is 5.35. The lowest BCUT2D eigenvalue weighted by Crippen LogP contribution is -2.27. The lowest BCUT2D eigenvalue weighted by molar-refractivity contribution is 0.456. The molecule has 0 fully saturated rings. The molecule has 1 unspecified atom stereocenters. The fraction of sp³-hybridized carbons (Fsp3) is 0.286. The van der Waals surface area contributed by atoms with Crippen molar-refractivity contribution in [1.82, 2.24) is 5.32 Å². The van der Waals surface area contributed by atoms with Crippen molar-refractivity contribution in [3.05, 3.63) is 51.9 Å². The van der Waals surface area contributed by atoms with Gasteiger partial charge in [-0.1, -0.05) is 23.2 Å². The highest BCUT2D eigenvalue weighted by molar-refractivity contribution is 6.38. The van der Waals surface area contributed by atoms with Crippen LogP contribution in [0.1, 0.15) is 18.2 Å². The molecule has 0 radical (unpaired) electrons. The first-order chi connectivity index (χ1) is 9.06. The number of nitrogen functional groups attached to an aromatic ring is 1. The molecule has 0 saturated heterocycles. The molecule has 3 nitrogen and oxygen atoms in total. The van der Waals surface area contributed by atoms with E-state index >= 15 is 0 Å².